The van der Waals surface area contributed by atoms with Gasteiger partial charge in [0.25, 0.3) is 0 Å². The summed E-state index contributed by atoms with van der Waals surface area (Å²) in [4.78, 5) is 12.1. The third-order valence-corrected chi connectivity index (χ3v) is 3.12. The quantitative estimate of drug-likeness (QED) is 0.862. The number of rotatable bonds is 5. The van der Waals surface area contributed by atoms with E-state index in [1.165, 1.54) is 0 Å². The first-order valence-corrected chi connectivity index (χ1v) is 6.56. The molecule has 0 spiro atoms. The summed E-state index contributed by atoms with van der Waals surface area (Å²) in [6, 6.07) is 7.47. The molecule has 0 heterocycles. The first-order chi connectivity index (χ1) is 8.36. The fourth-order valence-corrected chi connectivity index (χ4v) is 1.96. The lowest BCUT2D eigenvalue weighted by Crippen LogP contribution is -2.52. The lowest BCUT2D eigenvalue weighted by atomic mass is 10.0. The lowest BCUT2D eigenvalue weighted by Gasteiger charge is -2.27. The first-order valence-electron chi connectivity index (χ1n) is 6.18. The second-order valence-corrected chi connectivity index (χ2v) is 5.34. The minimum Gasteiger partial charge on any atom is -0.348 e. The van der Waals surface area contributed by atoms with Crippen LogP contribution in [0.3, 0.4) is 0 Å². The van der Waals surface area contributed by atoms with E-state index in [0.717, 1.165) is 12.1 Å². The molecular formula is C14H21ClN2O. The van der Waals surface area contributed by atoms with E-state index in [4.69, 9.17) is 11.6 Å². The van der Waals surface area contributed by atoms with Crippen molar-refractivity contribution in [3.05, 3.63) is 34.9 Å². The summed E-state index contributed by atoms with van der Waals surface area (Å²) >= 11 is 5.94. The van der Waals surface area contributed by atoms with Crippen LogP contribution in [-0.2, 0) is 4.79 Å². The number of benzene rings is 1. The van der Waals surface area contributed by atoms with Gasteiger partial charge in [-0.25, -0.2) is 0 Å². The van der Waals surface area contributed by atoms with Gasteiger partial charge in [-0.3, -0.25) is 4.79 Å². The molecule has 0 aliphatic carbocycles. The van der Waals surface area contributed by atoms with Gasteiger partial charge < -0.3 is 10.6 Å². The van der Waals surface area contributed by atoms with E-state index in [1.54, 1.807) is 0 Å². The molecule has 0 aromatic heterocycles. The van der Waals surface area contributed by atoms with Crippen LogP contribution < -0.4 is 10.6 Å². The molecule has 1 aromatic rings. The largest absolute Gasteiger partial charge is 0.348 e. The van der Waals surface area contributed by atoms with E-state index in [2.05, 4.69) is 10.6 Å². The number of amides is 1. The minimum absolute atomic E-state index is 0.0168. The Labute approximate surface area is 114 Å². The van der Waals surface area contributed by atoms with Gasteiger partial charge in [0.1, 0.15) is 0 Å². The van der Waals surface area contributed by atoms with Crippen molar-refractivity contribution in [2.75, 3.05) is 6.54 Å². The number of halogens is 1. The molecule has 0 fully saturated rings. The fourth-order valence-electron chi connectivity index (χ4n) is 1.76. The van der Waals surface area contributed by atoms with Crippen molar-refractivity contribution in [3.8, 4) is 0 Å². The number of nitrogens with one attached hydrogen (secondary N) is 2. The summed E-state index contributed by atoms with van der Waals surface area (Å²) < 4.78 is 0. The van der Waals surface area contributed by atoms with Gasteiger partial charge in [-0.15, -0.1) is 0 Å². The molecule has 1 amide bonds. The standard InChI is InChI=1S/C14H21ClN2O/c1-5-16-14(3,4)13(18)17-10(2)11-7-6-8-12(15)9-11/h6-10,16H,5H2,1-4H3,(H,17,18). The van der Waals surface area contributed by atoms with Crippen LogP contribution in [0.15, 0.2) is 24.3 Å². The SMILES string of the molecule is CCNC(C)(C)C(=O)NC(C)c1cccc(Cl)c1. The normalized spacial score (nSPS) is 13.2. The molecule has 1 unspecified atom stereocenters. The van der Waals surface area contributed by atoms with Crippen molar-refractivity contribution in [1.29, 1.82) is 0 Å². The predicted molar refractivity (Wildman–Crippen MR) is 75.8 cm³/mol. The van der Waals surface area contributed by atoms with Crippen molar-refractivity contribution in [2.24, 2.45) is 0 Å². The van der Waals surface area contributed by atoms with Crippen LogP contribution in [0, 0.1) is 0 Å². The summed E-state index contributed by atoms with van der Waals surface area (Å²) in [5, 5.41) is 6.82. The molecule has 18 heavy (non-hydrogen) atoms. The van der Waals surface area contributed by atoms with Gasteiger partial charge in [0.15, 0.2) is 0 Å². The Morgan fingerprint density at radius 1 is 1.44 bits per heavy atom. The van der Waals surface area contributed by atoms with Crippen molar-refractivity contribution < 1.29 is 4.79 Å². The Morgan fingerprint density at radius 2 is 2.11 bits per heavy atom. The predicted octanol–water partition coefficient (Wildman–Crippen LogP) is 2.91. The Bertz CT molecular complexity index is 418. The zero-order chi connectivity index (χ0) is 13.8. The van der Waals surface area contributed by atoms with Gasteiger partial charge in [0.2, 0.25) is 5.91 Å². The van der Waals surface area contributed by atoms with Crippen LogP contribution >= 0.6 is 11.6 Å². The van der Waals surface area contributed by atoms with E-state index >= 15 is 0 Å². The molecule has 0 radical (unpaired) electrons. The number of hydrogen-bond donors (Lipinski definition) is 2. The highest BCUT2D eigenvalue weighted by Crippen LogP contribution is 2.18. The van der Waals surface area contributed by atoms with Crippen molar-refractivity contribution in [1.82, 2.24) is 10.6 Å². The third-order valence-electron chi connectivity index (χ3n) is 2.88. The average Bonchev–Trinajstić information content (AvgIpc) is 2.28. The molecule has 1 rings (SSSR count). The molecule has 100 valence electrons. The topological polar surface area (TPSA) is 41.1 Å². The molecule has 1 atom stereocenters. The summed E-state index contributed by atoms with van der Waals surface area (Å²) in [5.41, 5.74) is 0.435. The summed E-state index contributed by atoms with van der Waals surface area (Å²) in [5.74, 6) is -0.0168. The van der Waals surface area contributed by atoms with Gasteiger partial charge >= 0.3 is 0 Å². The fraction of sp³-hybridized carbons (Fsp3) is 0.500. The maximum Gasteiger partial charge on any atom is 0.240 e. The first kappa shape index (κ1) is 15.0. The summed E-state index contributed by atoms with van der Waals surface area (Å²) in [7, 11) is 0. The van der Waals surface area contributed by atoms with Crippen molar-refractivity contribution >= 4 is 17.5 Å². The van der Waals surface area contributed by atoms with E-state index in [1.807, 2.05) is 52.0 Å². The maximum atomic E-state index is 12.1. The summed E-state index contributed by atoms with van der Waals surface area (Å²) in [6.45, 7) is 8.43. The monoisotopic (exact) mass is 268 g/mol. The highest BCUT2D eigenvalue weighted by Gasteiger charge is 2.27. The molecule has 1 aromatic carbocycles. The average molecular weight is 269 g/mol. The second-order valence-electron chi connectivity index (χ2n) is 4.91. The second kappa shape index (κ2) is 6.21. The van der Waals surface area contributed by atoms with Gasteiger partial charge in [0.05, 0.1) is 11.6 Å². The molecule has 0 aliphatic heterocycles. The highest BCUT2D eigenvalue weighted by atomic mass is 35.5. The minimum atomic E-state index is -0.568. The van der Waals surface area contributed by atoms with E-state index in [-0.39, 0.29) is 11.9 Å². The Kier molecular flexibility index (Phi) is 5.17. The zero-order valence-electron chi connectivity index (χ0n) is 11.4. The van der Waals surface area contributed by atoms with Crippen molar-refractivity contribution in [3.63, 3.8) is 0 Å². The number of likely N-dealkylation sites (N-methyl/N-ethyl adjacent to an activating group) is 1. The Hall–Kier alpha value is -1.06. The molecule has 0 saturated carbocycles. The molecular weight excluding hydrogens is 248 g/mol. The van der Waals surface area contributed by atoms with Gasteiger partial charge in [-0.2, -0.15) is 0 Å². The van der Waals surface area contributed by atoms with Crippen LogP contribution in [0.5, 0.6) is 0 Å². The van der Waals surface area contributed by atoms with Gasteiger partial charge in [-0.05, 0) is 45.0 Å². The van der Waals surface area contributed by atoms with Crippen LogP contribution in [0.1, 0.15) is 39.3 Å². The zero-order valence-corrected chi connectivity index (χ0v) is 12.1. The maximum absolute atomic E-state index is 12.1. The van der Waals surface area contributed by atoms with E-state index in [0.29, 0.717) is 5.02 Å². The van der Waals surface area contributed by atoms with Crippen LogP contribution in [-0.4, -0.2) is 18.0 Å². The van der Waals surface area contributed by atoms with Crippen LogP contribution in [0.2, 0.25) is 5.02 Å². The Balaban J connectivity index is 2.70. The van der Waals surface area contributed by atoms with Crippen LogP contribution in [0.4, 0.5) is 0 Å². The number of carbonyl (C=O) groups excluding carboxylic acids is 1. The number of carbonyl (C=O) groups is 1. The number of hydrogen-bond acceptors (Lipinski definition) is 2. The molecule has 4 heteroatoms. The molecule has 0 bridgehead atoms. The van der Waals surface area contributed by atoms with Gasteiger partial charge in [0, 0.05) is 5.02 Å². The van der Waals surface area contributed by atoms with Gasteiger partial charge in [-0.1, -0.05) is 30.7 Å². The molecule has 0 saturated heterocycles. The Morgan fingerprint density at radius 3 is 2.67 bits per heavy atom. The highest BCUT2D eigenvalue weighted by molar-refractivity contribution is 6.30. The third kappa shape index (κ3) is 4.00. The molecule has 3 nitrogen and oxygen atoms in total. The molecule has 2 N–H and O–H groups in total. The smallest absolute Gasteiger partial charge is 0.240 e. The summed E-state index contributed by atoms with van der Waals surface area (Å²) in [6.07, 6.45) is 0. The lowest BCUT2D eigenvalue weighted by molar-refractivity contribution is -0.127. The van der Waals surface area contributed by atoms with Crippen molar-refractivity contribution in [2.45, 2.75) is 39.3 Å². The van der Waals surface area contributed by atoms with E-state index < -0.39 is 5.54 Å². The molecule has 0 aliphatic rings. The van der Waals surface area contributed by atoms with E-state index in [9.17, 15) is 4.79 Å². The van der Waals surface area contributed by atoms with Crippen LogP contribution in [0.25, 0.3) is 0 Å².